The van der Waals surface area contributed by atoms with Crippen molar-refractivity contribution in [2.75, 3.05) is 26.3 Å². The van der Waals surface area contributed by atoms with E-state index in [9.17, 15) is 4.79 Å². The normalized spacial score (nSPS) is 32.9. The molecule has 17 heavy (non-hydrogen) atoms. The summed E-state index contributed by atoms with van der Waals surface area (Å²) in [6.45, 7) is 3.64. The Morgan fingerprint density at radius 1 is 1.29 bits per heavy atom. The lowest BCUT2D eigenvalue weighted by molar-refractivity contribution is -0.134. The third-order valence-corrected chi connectivity index (χ3v) is 4.11. The number of carbonyl (C=O) groups is 1. The molecule has 1 amide bonds. The van der Waals surface area contributed by atoms with Gasteiger partial charge < -0.3 is 15.0 Å². The molecule has 0 spiro atoms. The maximum atomic E-state index is 12.4. The number of ether oxygens (including phenoxy) is 1. The molecule has 0 aromatic heterocycles. The highest BCUT2D eigenvalue weighted by Crippen LogP contribution is 2.30. The van der Waals surface area contributed by atoms with Crippen molar-refractivity contribution in [2.24, 2.45) is 5.92 Å². The smallest absolute Gasteiger partial charge is 0.239 e. The van der Waals surface area contributed by atoms with E-state index >= 15 is 0 Å². The molecule has 4 heteroatoms. The lowest BCUT2D eigenvalue weighted by Crippen LogP contribution is -2.46. The van der Waals surface area contributed by atoms with Gasteiger partial charge in [0, 0.05) is 25.1 Å². The van der Waals surface area contributed by atoms with Crippen LogP contribution in [0.2, 0.25) is 0 Å². The summed E-state index contributed by atoms with van der Waals surface area (Å²) >= 11 is 0. The summed E-state index contributed by atoms with van der Waals surface area (Å²) in [7, 11) is 0. The zero-order valence-electron chi connectivity index (χ0n) is 10.4. The van der Waals surface area contributed by atoms with Gasteiger partial charge in [-0.25, -0.2) is 0 Å². The number of rotatable bonds is 4. The summed E-state index contributed by atoms with van der Waals surface area (Å²) in [5.74, 6) is 0.915. The number of amides is 1. The van der Waals surface area contributed by atoms with Crippen molar-refractivity contribution >= 4 is 5.91 Å². The number of nitrogens with zero attached hydrogens (tertiary/aromatic N) is 1. The Labute approximate surface area is 103 Å². The molecule has 3 rings (SSSR count). The van der Waals surface area contributed by atoms with Gasteiger partial charge in [-0.2, -0.15) is 0 Å². The lowest BCUT2D eigenvalue weighted by Gasteiger charge is -2.27. The van der Waals surface area contributed by atoms with Crippen LogP contribution in [0.25, 0.3) is 0 Å². The average Bonchev–Trinajstić information content (AvgIpc) is 2.86. The fourth-order valence-corrected chi connectivity index (χ4v) is 2.91. The van der Waals surface area contributed by atoms with Gasteiger partial charge in [-0.15, -0.1) is 0 Å². The number of carbonyl (C=O) groups excluding carboxylic acids is 1. The van der Waals surface area contributed by atoms with E-state index in [0.717, 1.165) is 45.6 Å². The molecule has 2 atom stereocenters. The second-order valence-electron chi connectivity index (χ2n) is 5.60. The second kappa shape index (κ2) is 4.94. The third kappa shape index (κ3) is 2.63. The number of nitrogens with one attached hydrogen (secondary N) is 1. The molecule has 1 saturated carbocycles. The maximum absolute atomic E-state index is 12.4. The molecule has 1 unspecified atom stereocenters. The largest absolute Gasteiger partial charge is 0.381 e. The molecular formula is C13H22N2O2. The van der Waals surface area contributed by atoms with E-state index in [1.807, 2.05) is 0 Å². The van der Waals surface area contributed by atoms with Crippen LogP contribution in [0.5, 0.6) is 0 Å². The molecule has 0 radical (unpaired) electrons. The second-order valence-corrected chi connectivity index (χ2v) is 5.60. The Morgan fingerprint density at radius 3 is 2.76 bits per heavy atom. The molecular weight excluding hydrogens is 216 g/mol. The quantitative estimate of drug-likeness (QED) is 0.786. The van der Waals surface area contributed by atoms with Crippen molar-refractivity contribution in [1.82, 2.24) is 10.2 Å². The standard InChI is InChI=1S/C13H22N2O2/c16-13(12-2-1-6-14-12)15(11-3-4-11)8-10-5-7-17-9-10/h10-12,14H,1-9H2/t10?,12-/m0/s1. The monoisotopic (exact) mass is 238 g/mol. The molecule has 1 N–H and O–H groups in total. The Morgan fingerprint density at radius 2 is 2.18 bits per heavy atom. The molecule has 1 aliphatic carbocycles. The Kier molecular flexibility index (Phi) is 3.34. The molecule has 0 aromatic carbocycles. The number of hydrogen-bond acceptors (Lipinski definition) is 3. The van der Waals surface area contributed by atoms with Gasteiger partial charge in [0.2, 0.25) is 5.91 Å². The van der Waals surface area contributed by atoms with Crippen LogP contribution in [-0.2, 0) is 9.53 Å². The van der Waals surface area contributed by atoms with Gasteiger partial charge in [0.25, 0.3) is 0 Å². The molecule has 0 aromatic rings. The summed E-state index contributed by atoms with van der Waals surface area (Å²) in [5.41, 5.74) is 0. The van der Waals surface area contributed by atoms with E-state index in [4.69, 9.17) is 4.74 Å². The highest BCUT2D eigenvalue weighted by molar-refractivity contribution is 5.82. The molecule has 4 nitrogen and oxygen atoms in total. The minimum Gasteiger partial charge on any atom is -0.381 e. The van der Waals surface area contributed by atoms with Crippen molar-refractivity contribution in [1.29, 1.82) is 0 Å². The Balaban J connectivity index is 1.60. The molecule has 0 bridgehead atoms. The minimum absolute atomic E-state index is 0.0953. The summed E-state index contributed by atoms with van der Waals surface area (Å²) in [4.78, 5) is 14.6. The lowest BCUT2D eigenvalue weighted by atomic mass is 10.1. The van der Waals surface area contributed by atoms with E-state index in [2.05, 4.69) is 10.2 Å². The third-order valence-electron chi connectivity index (χ3n) is 4.11. The zero-order chi connectivity index (χ0) is 11.7. The van der Waals surface area contributed by atoms with E-state index in [1.165, 1.54) is 12.8 Å². The van der Waals surface area contributed by atoms with Crippen LogP contribution in [-0.4, -0.2) is 49.2 Å². The van der Waals surface area contributed by atoms with Crippen molar-refractivity contribution in [3.05, 3.63) is 0 Å². The predicted molar refractivity (Wildman–Crippen MR) is 64.7 cm³/mol. The summed E-state index contributed by atoms with van der Waals surface area (Å²) in [6.07, 6.45) is 5.68. The van der Waals surface area contributed by atoms with Crippen LogP contribution in [0.15, 0.2) is 0 Å². The van der Waals surface area contributed by atoms with E-state index < -0.39 is 0 Å². The van der Waals surface area contributed by atoms with Crippen LogP contribution in [0.4, 0.5) is 0 Å². The van der Waals surface area contributed by atoms with Crippen LogP contribution in [0, 0.1) is 5.92 Å². The van der Waals surface area contributed by atoms with E-state index in [-0.39, 0.29) is 6.04 Å². The zero-order valence-corrected chi connectivity index (χ0v) is 10.4. The topological polar surface area (TPSA) is 41.6 Å². The summed E-state index contributed by atoms with van der Waals surface area (Å²) in [5, 5.41) is 3.32. The summed E-state index contributed by atoms with van der Waals surface area (Å²) in [6, 6.07) is 0.628. The van der Waals surface area contributed by atoms with Gasteiger partial charge in [-0.1, -0.05) is 0 Å². The SMILES string of the molecule is O=C([C@@H]1CCCN1)N(CC1CCOC1)C1CC1. The van der Waals surface area contributed by atoms with Gasteiger partial charge >= 0.3 is 0 Å². The van der Waals surface area contributed by atoms with Crippen LogP contribution in [0.3, 0.4) is 0 Å². The van der Waals surface area contributed by atoms with Gasteiger partial charge in [-0.05, 0) is 38.6 Å². The van der Waals surface area contributed by atoms with E-state index in [0.29, 0.717) is 17.9 Å². The van der Waals surface area contributed by atoms with Gasteiger partial charge in [0.1, 0.15) is 0 Å². The van der Waals surface area contributed by atoms with Gasteiger partial charge in [0.05, 0.1) is 12.6 Å². The van der Waals surface area contributed by atoms with Crippen LogP contribution >= 0.6 is 0 Å². The van der Waals surface area contributed by atoms with Crippen molar-refractivity contribution in [2.45, 2.75) is 44.2 Å². The predicted octanol–water partition coefficient (Wildman–Crippen LogP) is 0.766. The first-order valence-electron chi connectivity index (χ1n) is 6.96. The fraction of sp³-hybridized carbons (Fsp3) is 0.923. The molecule has 3 aliphatic rings. The summed E-state index contributed by atoms with van der Waals surface area (Å²) < 4.78 is 5.41. The highest BCUT2D eigenvalue weighted by Gasteiger charge is 2.38. The average molecular weight is 238 g/mol. The van der Waals surface area contributed by atoms with Crippen molar-refractivity contribution in [3.63, 3.8) is 0 Å². The minimum atomic E-state index is 0.0953. The van der Waals surface area contributed by atoms with E-state index in [1.54, 1.807) is 0 Å². The molecule has 2 saturated heterocycles. The Hall–Kier alpha value is -0.610. The van der Waals surface area contributed by atoms with Crippen molar-refractivity contribution < 1.29 is 9.53 Å². The number of hydrogen-bond donors (Lipinski definition) is 1. The van der Waals surface area contributed by atoms with Gasteiger partial charge in [-0.3, -0.25) is 4.79 Å². The maximum Gasteiger partial charge on any atom is 0.239 e. The Bertz CT molecular complexity index is 279. The fourth-order valence-electron chi connectivity index (χ4n) is 2.91. The molecule has 3 fully saturated rings. The molecule has 96 valence electrons. The highest BCUT2D eigenvalue weighted by atomic mass is 16.5. The van der Waals surface area contributed by atoms with Gasteiger partial charge in [0.15, 0.2) is 0 Å². The first-order valence-corrected chi connectivity index (χ1v) is 6.96. The van der Waals surface area contributed by atoms with Crippen LogP contribution < -0.4 is 5.32 Å². The molecule has 2 aliphatic heterocycles. The van der Waals surface area contributed by atoms with Crippen molar-refractivity contribution in [3.8, 4) is 0 Å². The van der Waals surface area contributed by atoms with Crippen LogP contribution in [0.1, 0.15) is 32.1 Å². The first kappa shape index (κ1) is 11.5. The first-order chi connectivity index (χ1) is 8.34. The molecule has 2 heterocycles.